The number of hydrogen-bond donors (Lipinski definition) is 0. The van der Waals surface area contributed by atoms with Gasteiger partial charge in [-0.3, -0.25) is 0 Å². The van der Waals surface area contributed by atoms with Gasteiger partial charge in [-0.1, -0.05) is 58.0 Å². The number of rotatable bonds is 3. The van der Waals surface area contributed by atoms with Gasteiger partial charge in [0.15, 0.2) is 0 Å². The topological polar surface area (TPSA) is 0 Å². The summed E-state index contributed by atoms with van der Waals surface area (Å²) in [6.07, 6.45) is 9.15. The molecule has 0 unspecified atom stereocenters. The molecule has 14 heavy (non-hydrogen) atoms. The molecule has 0 heterocycles. The molecule has 0 bridgehead atoms. The third-order valence-corrected chi connectivity index (χ3v) is 4.39. The molecule has 72 valence electrons. The van der Waals surface area contributed by atoms with Crippen molar-refractivity contribution in [1.29, 1.82) is 0 Å². The Morgan fingerprint density at radius 2 is 1.79 bits per heavy atom. The van der Waals surface area contributed by atoms with Crippen molar-refractivity contribution in [3.05, 3.63) is 53.5 Å². The molecule has 0 aliphatic heterocycles. The van der Waals surface area contributed by atoms with Crippen LogP contribution in [-0.4, -0.2) is 0 Å². The predicted octanol–water partition coefficient (Wildman–Crippen LogP) is 4.66. The second-order valence-electron chi connectivity index (χ2n) is 3.07. The van der Waals surface area contributed by atoms with Crippen LogP contribution in [0.5, 0.6) is 0 Å². The van der Waals surface area contributed by atoms with Crippen LogP contribution < -0.4 is 0 Å². The van der Waals surface area contributed by atoms with E-state index in [1.807, 2.05) is 21.6 Å². The highest BCUT2D eigenvalue weighted by Crippen LogP contribution is 2.38. The average Bonchev–Trinajstić information content (AvgIpc) is 2.29. The Hall–Kier alpha value is -0.600. The highest BCUT2D eigenvalue weighted by Gasteiger charge is 1.99. The minimum Gasteiger partial charge on any atom is -0.0831 e. The summed E-state index contributed by atoms with van der Waals surface area (Å²) in [7, 11) is 3.67. The summed E-state index contributed by atoms with van der Waals surface area (Å²) in [5.41, 5.74) is 0. The Morgan fingerprint density at radius 3 is 2.50 bits per heavy atom. The van der Waals surface area contributed by atoms with Crippen molar-refractivity contribution in [1.82, 2.24) is 0 Å². The van der Waals surface area contributed by atoms with Crippen molar-refractivity contribution in [2.45, 2.75) is 17.7 Å². The molecule has 0 N–H and O–H groups in total. The zero-order valence-corrected chi connectivity index (χ0v) is 9.48. The van der Waals surface area contributed by atoms with E-state index in [0.29, 0.717) is 0 Å². The van der Waals surface area contributed by atoms with Crippen LogP contribution in [0.4, 0.5) is 0 Å². The summed E-state index contributed by atoms with van der Waals surface area (Å²) >= 11 is 0. The Balaban J connectivity index is 1.88. The molecule has 0 nitrogen and oxygen atoms in total. The average molecular weight is 220 g/mol. The van der Waals surface area contributed by atoms with E-state index in [-0.39, 0.29) is 0 Å². The molecular weight excluding hydrogens is 208 g/mol. The lowest BCUT2D eigenvalue weighted by molar-refractivity contribution is 1.03. The molecule has 1 aliphatic rings. The Labute approximate surface area is 92.9 Å². The lowest BCUT2D eigenvalue weighted by Crippen LogP contribution is -1.77. The van der Waals surface area contributed by atoms with E-state index in [4.69, 9.17) is 0 Å². The SMILES string of the molecule is C1=CC(SSc2ccccc2)=CCC1. The molecule has 0 saturated heterocycles. The van der Waals surface area contributed by atoms with Crippen molar-refractivity contribution in [3.8, 4) is 0 Å². The van der Waals surface area contributed by atoms with Gasteiger partial charge >= 0.3 is 0 Å². The largest absolute Gasteiger partial charge is 0.0831 e. The minimum atomic E-state index is 1.19. The second kappa shape index (κ2) is 5.32. The van der Waals surface area contributed by atoms with Crippen LogP contribution in [0.15, 0.2) is 58.4 Å². The van der Waals surface area contributed by atoms with Gasteiger partial charge in [-0.15, -0.1) is 0 Å². The number of benzene rings is 1. The van der Waals surface area contributed by atoms with Crippen LogP contribution in [0.3, 0.4) is 0 Å². The fourth-order valence-corrected chi connectivity index (χ4v) is 3.30. The van der Waals surface area contributed by atoms with E-state index in [2.05, 4.69) is 48.6 Å². The van der Waals surface area contributed by atoms with Gasteiger partial charge < -0.3 is 0 Å². The van der Waals surface area contributed by atoms with E-state index < -0.39 is 0 Å². The Morgan fingerprint density at radius 1 is 0.929 bits per heavy atom. The normalized spacial score (nSPS) is 15.3. The summed E-state index contributed by atoms with van der Waals surface area (Å²) in [5, 5.41) is 0. The van der Waals surface area contributed by atoms with Crippen LogP contribution in [0, 0.1) is 0 Å². The van der Waals surface area contributed by atoms with Crippen molar-refractivity contribution in [2.75, 3.05) is 0 Å². The first kappa shape index (κ1) is 9.94. The first-order valence-corrected chi connectivity index (χ1v) is 6.86. The molecule has 2 heteroatoms. The van der Waals surface area contributed by atoms with E-state index in [9.17, 15) is 0 Å². The smallest absolute Gasteiger partial charge is 0.0186 e. The lowest BCUT2D eigenvalue weighted by atomic mass is 10.2. The van der Waals surface area contributed by atoms with Crippen LogP contribution in [0.2, 0.25) is 0 Å². The fraction of sp³-hybridized carbons (Fsp3) is 0.167. The zero-order valence-electron chi connectivity index (χ0n) is 7.85. The third-order valence-electron chi connectivity index (χ3n) is 1.94. The van der Waals surface area contributed by atoms with Gasteiger partial charge in [0.2, 0.25) is 0 Å². The summed E-state index contributed by atoms with van der Waals surface area (Å²) in [4.78, 5) is 2.70. The molecule has 0 fully saturated rings. The van der Waals surface area contributed by atoms with Crippen LogP contribution in [-0.2, 0) is 0 Å². The monoisotopic (exact) mass is 220 g/mol. The maximum atomic E-state index is 2.31. The zero-order chi connectivity index (χ0) is 9.64. The molecule has 0 spiro atoms. The molecule has 1 aliphatic carbocycles. The van der Waals surface area contributed by atoms with Gasteiger partial charge in [0.1, 0.15) is 0 Å². The van der Waals surface area contributed by atoms with E-state index in [1.54, 1.807) is 0 Å². The molecule has 1 aromatic carbocycles. The molecule has 0 radical (unpaired) electrons. The quantitative estimate of drug-likeness (QED) is 0.679. The fourth-order valence-electron chi connectivity index (χ4n) is 1.22. The predicted molar refractivity (Wildman–Crippen MR) is 66.3 cm³/mol. The maximum Gasteiger partial charge on any atom is 0.0186 e. The van der Waals surface area contributed by atoms with Gasteiger partial charge in [0.05, 0.1) is 0 Å². The summed E-state index contributed by atoms with van der Waals surface area (Å²) < 4.78 is 0. The van der Waals surface area contributed by atoms with Crippen molar-refractivity contribution in [3.63, 3.8) is 0 Å². The van der Waals surface area contributed by atoms with Gasteiger partial charge in [0, 0.05) is 9.80 Å². The van der Waals surface area contributed by atoms with Crippen molar-refractivity contribution >= 4 is 21.6 Å². The molecule has 1 aromatic rings. The van der Waals surface area contributed by atoms with Gasteiger partial charge in [-0.25, -0.2) is 0 Å². The first-order chi connectivity index (χ1) is 6.95. The first-order valence-electron chi connectivity index (χ1n) is 4.71. The molecular formula is C12H12S2. The van der Waals surface area contributed by atoms with Crippen LogP contribution in [0.25, 0.3) is 0 Å². The summed E-state index contributed by atoms with van der Waals surface area (Å²) in [5.74, 6) is 0. The lowest BCUT2D eigenvalue weighted by Gasteiger charge is -2.05. The Bertz CT molecular complexity index is 339. The van der Waals surface area contributed by atoms with Crippen molar-refractivity contribution in [2.24, 2.45) is 0 Å². The third kappa shape index (κ3) is 2.96. The highest BCUT2D eigenvalue weighted by molar-refractivity contribution is 8.78. The Kier molecular flexibility index (Phi) is 3.78. The molecule has 0 aromatic heterocycles. The van der Waals surface area contributed by atoms with Gasteiger partial charge in [0.25, 0.3) is 0 Å². The minimum absolute atomic E-state index is 1.19. The molecule has 0 saturated carbocycles. The van der Waals surface area contributed by atoms with Gasteiger partial charge in [-0.2, -0.15) is 0 Å². The second-order valence-corrected chi connectivity index (χ2v) is 5.34. The van der Waals surface area contributed by atoms with E-state index >= 15 is 0 Å². The molecule has 2 rings (SSSR count). The highest BCUT2D eigenvalue weighted by atomic mass is 33.1. The molecule has 0 atom stereocenters. The standard InChI is InChI=1S/C12H12S2/c1-3-7-11(8-4-1)13-14-12-9-5-2-6-10-12/h1,3-5,7-10H,2,6H2. The number of allylic oxidation sites excluding steroid dienone is 3. The van der Waals surface area contributed by atoms with Crippen LogP contribution in [0.1, 0.15) is 12.8 Å². The van der Waals surface area contributed by atoms with Crippen LogP contribution >= 0.6 is 21.6 Å². The van der Waals surface area contributed by atoms with E-state index in [0.717, 1.165) is 0 Å². The number of hydrogen-bond acceptors (Lipinski definition) is 2. The maximum absolute atomic E-state index is 2.31. The summed E-state index contributed by atoms with van der Waals surface area (Å²) in [6, 6.07) is 10.5. The van der Waals surface area contributed by atoms with E-state index in [1.165, 1.54) is 22.6 Å². The molecule has 0 amide bonds. The summed E-state index contributed by atoms with van der Waals surface area (Å²) in [6.45, 7) is 0. The van der Waals surface area contributed by atoms with Crippen molar-refractivity contribution < 1.29 is 0 Å². The van der Waals surface area contributed by atoms with Gasteiger partial charge in [-0.05, 0) is 25.0 Å².